The lowest BCUT2D eigenvalue weighted by Gasteiger charge is -2.42. The van der Waals surface area contributed by atoms with E-state index >= 15 is 0 Å². The Morgan fingerprint density at radius 1 is 0.955 bits per heavy atom. The maximum absolute atomic E-state index is 12.0. The maximum Gasteiger partial charge on any atom is 0.258 e. The van der Waals surface area contributed by atoms with Gasteiger partial charge in [-0.25, -0.2) is 0 Å². The Bertz CT molecular complexity index is 631. The van der Waals surface area contributed by atoms with Gasteiger partial charge in [-0.15, -0.1) is 0 Å². The van der Waals surface area contributed by atoms with Gasteiger partial charge in [0.1, 0.15) is 5.75 Å². The van der Waals surface area contributed by atoms with Crippen molar-refractivity contribution in [3.05, 3.63) is 41.7 Å². The Labute approximate surface area is 134 Å². The third kappa shape index (κ3) is 2.84. The number of hydrogen-bond donors (Lipinski definition) is 0. The first-order valence-electron chi connectivity index (χ1n) is 8.10. The van der Waals surface area contributed by atoms with Crippen molar-refractivity contribution in [1.82, 2.24) is 0 Å². The summed E-state index contributed by atoms with van der Waals surface area (Å²) >= 11 is 0. The quantitative estimate of drug-likeness (QED) is 0.440. The normalized spacial score (nSPS) is 12.6. The van der Waals surface area contributed by atoms with Crippen LogP contribution in [0.2, 0.25) is 16.6 Å². The van der Waals surface area contributed by atoms with Gasteiger partial charge in [-0.05, 0) is 34.8 Å². The molecule has 0 bridgehead atoms. The van der Waals surface area contributed by atoms with Crippen LogP contribution in [0.25, 0.3) is 10.9 Å². The number of hydrogen-bond acceptors (Lipinski definition) is 2. The van der Waals surface area contributed by atoms with Crippen LogP contribution in [-0.2, 0) is 0 Å². The highest BCUT2D eigenvalue weighted by molar-refractivity contribution is 6.78. The van der Waals surface area contributed by atoms with E-state index in [2.05, 4.69) is 41.5 Å². The SMILES string of the molecule is CC(C)[Si](Oc1ccc2ccc[n+]([O-])c2c1)(C(C)C)C(C)C. The average Bonchev–Trinajstić information content (AvgIpc) is 2.44. The summed E-state index contributed by atoms with van der Waals surface area (Å²) in [6, 6.07) is 9.57. The van der Waals surface area contributed by atoms with Crippen molar-refractivity contribution in [2.24, 2.45) is 0 Å². The molecular formula is C18H27NO2Si. The number of pyridine rings is 1. The number of rotatable bonds is 5. The molecule has 0 unspecified atom stereocenters. The minimum atomic E-state index is -1.98. The maximum atomic E-state index is 12.0. The van der Waals surface area contributed by atoms with Crippen molar-refractivity contribution in [2.75, 3.05) is 0 Å². The van der Waals surface area contributed by atoms with E-state index in [1.54, 1.807) is 6.07 Å². The van der Waals surface area contributed by atoms with Crippen LogP contribution in [-0.4, -0.2) is 8.32 Å². The molecule has 1 aromatic heterocycles. The molecule has 0 N–H and O–H groups in total. The summed E-state index contributed by atoms with van der Waals surface area (Å²) in [5, 5.41) is 12.9. The first-order valence-corrected chi connectivity index (χ1v) is 10.2. The van der Waals surface area contributed by atoms with Gasteiger partial charge in [-0.3, -0.25) is 0 Å². The summed E-state index contributed by atoms with van der Waals surface area (Å²) in [7, 11) is -1.98. The highest BCUT2D eigenvalue weighted by Crippen LogP contribution is 2.42. The lowest BCUT2D eigenvalue weighted by Crippen LogP contribution is -2.50. The first-order chi connectivity index (χ1) is 10.3. The molecule has 0 spiro atoms. The van der Waals surface area contributed by atoms with E-state index in [0.717, 1.165) is 15.9 Å². The van der Waals surface area contributed by atoms with E-state index in [9.17, 15) is 5.21 Å². The van der Waals surface area contributed by atoms with Gasteiger partial charge in [-0.2, -0.15) is 4.73 Å². The molecule has 0 fully saturated rings. The molecule has 120 valence electrons. The van der Waals surface area contributed by atoms with E-state index in [1.165, 1.54) is 6.20 Å². The zero-order valence-corrected chi connectivity index (χ0v) is 15.5. The van der Waals surface area contributed by atoms with Gasteiger partial charge in [0.15, 0.2) is 6.20 Å². The smallest absolute Gasteiger partial charge is 0.258 e. The molecule has 2 aromatic rings. The second-order valence-electron chi connectivity index (χ2n) is 6.97. The summed E-state index contributed by atoms with van der Waals surface area (Å²) in [6.45, 7) is 13.6. The van der Waals surface area contributed by atoms with Crippen molar-refractivity contribution < 1.29 is 9.16 Å². The minimum absolute atomic E-state index is 0.512. The number of fused-ring (bicyclic) bond motifs is 1. The fourth-order valence-electron chi connectivity index (χ4n) is 3.78. The van der Waals surface area contributed by atoms with E-state index in [0.29, 0.717) is 22.1 Å². The standard InChI is InChI=1S/C18H27NO2Si/c1-13(2)22(14(3)4,15(5)6)21-17-10-9-16-8-7-11-19(20)18(16)12-17/h7-15H,1-6H3. The summed E-state index contributed by atoms with van der Waals surface area (Å²) in [6.07, 6.45) is 1.53. The number of nitrogens with zero attached hydrogens (tertiary/aromatic N) is 1. The fourth-order valence-corrected chi connectivity index (χ4v) is 9.02. The first kappa shape index (κ1) is 16.8. The Hall–Kier alpha value is -1.55. The van der Waals surface area contributed by atoms with Crippen LogP contribution in [0.4, 0.5) is 0 Å². The van der Waals surface area contributed by atoms with Crippen LogP contribution < -0.4 is 9.16 Å². The van der Waals surface area contributed by atoms with Crippen molar-refractivity contribution in [1.29, 1.82) is 0 Å². The van der Waals surface area contributed by atoms with Gasteiger partial charge in [0.2, 0.25) is 5.52 Å². The van der Waals surface area contributed by atoms with Crippen molar-refractivity contribution in [3.63, 3.8) is 0 Å². The van der Waals surface area contributed by atoms with Crippen LogP contribution in [0, 0.1) is 5.21 Å². The minimum Gasteiger partial charge on any atom is -0.618 e. The molecule has 1 heterocycles. The molecule has 0 saturated heterocycles. The monoisotopic (exact) mass is 317 g/mol. The second-order valence-corrected chi connectivity index (χ2v) is 12.3. The molecule has 0 aliphatic heterocycles. The molecule has 0 saturated carbocycles. The Morgan fingerprint density at radius 3 is 2.09 bits per heavy atom. The van der Waals surface area contributed by atoms with E-state index in [4.69, 9.17) is 4.43 Å². The van der Waals surface area contributed by atoms with Crippen LogP contribution >= 0.6 is 0 Å². The molecule has 0 amide bonds. The van der Waals surface area contributed by atoms with Gasteiger partial charge < -0.3 is 9.63 Å². The fraction of sp³-hybridized carbons (Fsp3) is 0.500. The van der Waals surface area contributed by atoms with Crippen molar-refractivity contribution >= 4 is 19.2 Å². The zero-order chi connectivity index (χ0) is 16.5. The lowest BCUT2D eigenvalue weighted by atomic mass is 10.2. The van der Waals surface area contributed by atoms with E-state index in [-0.39, 0.29) is 0 Å². The van der Waals surface area contributed by atoms with Gasteiger partial charge in [0, 0.05) is 11.5 Å². The zero-order valence-electron chi connectivity index (χ0n) is 14.5. The molecule has 0 radical (unpaired) electrons. The van der Waals surface area contributed by atoms with Crippen LogP contribution in [0.5, 0.6) is 5.75 Å². The predicted molar refractivity (Wildman–Crippen MR) is 94.6 cm³/mol. The predicted octanol–water partition coefficient (Wildman–Crippen LogP) is 5.03. The Morgan fingerprint density at radius 2 is 1.55 bits per heavy atom. The molecular weight excluding hydrogens is 290 g/mol. The highest BCUT2D eigenvalue weighted by Gasteiger charge is 2.47. The largest absolute Gasteiger partial charge is 0.618 e. The molecule has 4 heteroatoms. The van der Waals surface area contributed by atoms with E-state index < -0.39 is 8.32 Å². The Kier molecular flexibility index (Phi) is 4.80. The summed E-state index contributed by atoms with van der Waals surface area (Å²) < 4.78 is 7.54. The summed E-state index contributed by atoms with van der Waals surface area (Å²) in [5.41, 5.74) is 2.20. The molecule has 3 nitrogen and oxygen atoms in total. The third-order valence-corrected chi connectivity index (χ3v) is 10.7. The van der Waals surface area contributed by atoms with Crippen molar-refractivity contribution in [3.8, 4) is 5.75 Å². The summed E-state index contributed by atoms with van der Waals surface area (Å²) in [5.74, 6) is 0.825. The van der Waals surface area contributed by atoms with Crippen LogP contribution in [0.3, 0.4) is 0 Å². The molecule has 2 rings (SSSR count). The van der Waals surface area contributed by atoms with Gasteiger partial charge >= 0.3 is 0 Å². The molecule has 0 aliphatic carbocycles. The second kappa shape index (κ2) is 6.29. The van der Waals surface area contributed by atoms with Gasteiger partial charge in [0.25, 0.3) is 8.32 Å². The van der Waals surface area contributed by atoms with Gasteiger partial charge in [-0.1, -0.05) is 41.5 Å². The average molecular weight is 318 g/mol. The molecule has 1 aromatic carbocycles. The Balaban J connectivity index is 2.49. The highest BCUT2D eigenvalue weighted by atomic mass is 28.4. The summed E-state index contributed by atoms with van der Waals surface area (Å²) in [4.78, 5) is 0. The van der Waals surface area contributed by atoms with Crippen LogP contribution in [0.1, 0.15) is 41.5 Å². The third-order valence-electron chi connectivity index (χ3n) is 4.74. The topological polar surface area (TPSA) is 36.2 Å². The van der Waals surface area contributed by atoms with Gasteiger partial charge in [0.05, 0.1) is 6.07 Å². The lowest BCUT2D eigenvalue weighted by molar-refractivity contribution is -0.577. The van der Waals surface area contributed by atoms with Crippen molar-refractivity contribution in [2.45, 2.75) is 58.2 Å². The molecule has 0 aliphatic rings. The molecule has 0 atom stereocenters. The number of benzene rings is 1. The van der Waals surface area contributed by atoms with E-state index in [1.807, 2.05) is 24.3 Å². The van der Waals surface area contributed by atoms with Crippen LogP contribution in [0.15, 0.2) is 36.5 Å². The molecule has 22 heavy (non-hydrogen) atoms. The number of aromatic nitrogens is 1.